The number of nitrogens with two attached hydrogens (primary N) is 1. The predicted molar refractivity (Wildman–Crippen MR) is 123 cm³/mol. The van der Waals surface area contributed by atoms with E-state index in [2.05, 4.69) is 20.7 Å². The van der Waals surface area contributed by atoms with Gasteiger partial charge in [-0.25, -0.2) is 4.39 Å². The number of carboxylic acids is 1. The van der Waals surface area contributed by atoms with E-state index < -0.39 is 41.5 Å². The zero-order valence-corrected chi connectivity index (χ0v) is 18.9. The van der Waals surface area contributed by atoms with Crippen LogP contribution in [0, 0.1) is 11.7 Å². The molecule has 3 rings (SSSR count). The van der Waals surface area contributed by atoms with E-state index in [1.54, 1.807) is 24.3 Å². The second kappa shape index (κ2) is 11.0. The number of amides is 1. The standard InChI is InChI=1S/C23H23ClFN5O4/c1-12(31)21(26)18(23(33)34)10-16(28-22(32)20-11-27-30-29-20)8-13-2-4-14(5-3-13)17-9-15(24)6-7-19(17)25/h2-7,9,11,16,18,21H,8,10,26H2,1H3,(H,28,32)(H,33,34)(H,27,29,30)/t16-,18+,21?/m1/s1. The van der Waals surface area contributed by atoms with Crippen LogP contribution in [0.5, 0.6) is 0 Å². The van der Waals surface area contributed by atoms with Gasteiger partial charge in [-0.05, 0) is 49.1 Å². The van der Waals surface area contributed by atoms with Gasteiger partial charge in [-0.15, -0.1) is 0 Å². The second-order valence-electron chi connectivity index (χ2n) is 7.87. The summed E-state index contributed by atoms with van der Waals surface area (Å²) in [4.78, 5) is 36.1. The number of aliphatic carboxylic acids is 1. The number of hydrogen-bond donors (Lipinski definition) is 4. The molecule has 3 aromatic rings. The summed E-state index contributed by atoms with van der Waals surface area (Å²) >= 11 is 5.98. The number of benzene rings is 2. The molecule has 2 aromatic carbocycles. The van der Waals surface area contributed by atoms with Crippen LogP contribution in [0.2, 0.25) is 5.02 Å². The van der Waals surface area contributed by atoms with Gasteiger partial charge in [0.25, 0.3) is 5.91 Å². The summed E-state index contributed by atoms with van der Waals surface area (Å²) in [7, 11) is 0. The summed E-state index contributed by atoms with van der Waals surface area (Å²) in [6.07, 6.45) is 1.37. The van der Waals surface area contributed by atoms with Crippen molar-refractivity contribution in [3.05, 3.63) is 70.8 Å². The zero-order chi connectivity index (χ0) is 24.8. The van der Waals surface area contributed by atoms with E-state index in [0.29, 0.717) is 16.1 Å². The first-order valence-corrected chi connectivity index (χ1v) is 10.7. The molecular weight excluding hydrogens is 465 g/mol. The van der Waals surface area contributed by atoms with Crippen molar-refractivity contribution >= 4 is 29.3 Å². The number of Topliss-reactive ketones (excluding diaryl/α,β-unsaturated/α-hetero) is 1. The quantitative estimate of drug-likeness (QED) is 0.343. The smallest absolute Gasteiger partial charge is 0.308 e. The predicted octanol–water partition coefficient (Wildman–Crippen LogP) is 2.61. The lowest BCUT2D eigenvalue weighted by Crippen LogP contribution is -2.46. The molecule has 0 bridgehead atoms. The summed E-state index contributed by atoms with van der Waals surface area (Å²) in [5, 5.41) is 22.4. The number of nitrogens with one attached hydrogen (secondary N) is 2. The van der Waals surface area contributed by atoms with E-state index in [4.69, 9.17) is 17.3 Å². The Morgan fingerprint density at radius 1 is 1.21 bits per heavy atom. The maximum Gasteiger partial charge on any atom is 0.308 e. The van der Waals surface area contributed by atoms with E-state index >= 15 is 0 Å². The molecule has 34 heavy (non-hydrogen) atoms. The SMILES string of the molecule is CC(=O)C(N)[C@H](C[C@@H](Cc1ccc(-c2cc(Cl)ccc2F)cc1)NC(=O)c1cn[nH]n1)C(=O)O. The molecule has 0 aliphatic carbocycles. The number of rotatable bonds is 10. The molecule has 1 heterocycles. The fourth-order valence-electron chi connectivity index (χ4n) is 3.58. The van der Waals surface area contributed by atoms with Gasteiger partial charge in [0.05, 0.1) is 18.2 Å². The molecule has 178 valence electrons. The van der Waals surface area contributed by atoms with E-state index in [-0.39, 0.29) is 18.5 Å². The lowest BCUT2D eigenvalue weighted by Gasteiger charge is -2.25. The Kier molecular flexibility index (Phi) is 8.08. The van der Waals surface area contributed by atoms with Crippen molar-refractivity contribution in [2.45, 2.75) is 31.8 Å². The van der Waals surface area contributed by atoms with Crippen LogP contribution in [-0.4, -0.2) is 50.3 Å². The van der Waals surface area contributed by atoms with E-state index in [9.17, 15) is 23.9 Å². The number of ketones is 1. The van der Waals surface area contributed by atoms with Crippen LogP contribution >= 0.6 is 11.6 Å². The molecule has 0 saturated heterocycles. The Labute approximate surface area is 199 Å². The van der Waals surface area contributed by atoms with Crippen molar-refractivity contribution in [3.8, 4) is 11.1 Å². The third-order valence-electron chi connectivity index (χ3n) is 5.42. The van der Waals surface area contributed by atoms with Crippen molar-refractivity contribution < 1.29 is 23.9 Å². The average Bonchev–Trinajstić information content (AvgIpc) is 3.34. The first-order valence-electron chi connectivity index (χ1n) is 10.4. The number of hydrogen-bond acceptors (Lipinski definition) is 6. The maximum atomic E-state index is 14.2. The summed E-state index contributed by atoms with van der Waals surface area (Å²) in [5.74, 6) is -3.90. The van der Waals surface area contributed by atoms with Gasteiger partial charge in [-0.3, -0.25) is 14.4 Å². The third kappa shape index (κ3) is 6.24. The van der Waals surface area contributed by atoms with Gasteiger partial charge in [0.2, 0.25) is 0 Å². The van der Waals surface area contributed by atoms with Crippen LogP contribution in [0.4, 0.5) is 4.39 Å². The first kappa shape index (κ1) is 25.0. The van der Waals surface area contributed by atoms with Crippen LogP contribution in [0.1, 0.15) is 29.4 Å². The van der Waals surface area contributed by atoms with Gasteiger partial charge in [0, 0.05) is 16.6 Å². The summed E-state index contributed by atoms with van der Waals surface area (Å²) in [5.41, 5.74) is 7.54. The van der Waals surface area contributed by atoms with Crippen molar-refractivity contribution in [3.63, 3.8) is 0 Å². The highest BCUT2D eigenvalue weighted by atomic mass is 35.5. The molecule has 9 nitrogen and oxygen atoms in total. The highest BCUT2D eigenvalue weighted by Gasteiger charge is 2.32. The number of carbonyl (C=O) groups excluding carboxylic acids is 2. The van der Waals surface area contributed by atoms with Crippen LogP contribution in [-0.2, 0) is 16.0 Å². The van der Waals surface area contributed by atoms with Gasteiger partial charge in [0.15, 0.2) is 5.69 Å². The summed E-state index contributed by atoms with van der Waals surface area (Å²) in [6.45, 7) is 1.22. The molecule has 5 N–H and O–H groups in total. The molecule has 1 unspecified atom stereocenters. The maximum absolute atomic E-state index is 14.2. The Bertz CT molecular complexity index is 1170. The third-order valence-corrected chi connectivity index (χ3v) is 5.65. The molecule has 0 aliphatic heterocycles. The van der Waals surface area contributed by atoms with Crippen LogP contribution in [0.15, 0.2) is 48.7 Å². The van der Waals surface area contributed by atoms with Gasteiger partial charge in [-0.1, -0.05) is 35.9 Å². The highest BCUT2D eigenvalue weighted by molar-refractivity contribution is 6.30. The Morgan fingerprint density at radius 3 is 2.50 bits per heavy atom. The molecule has 1 aromatic heterocycles. The van der Waals surface area contributed by atoms with E-state index in [0.717, 1.165) is 5.56 Å². The molecule has 0 spiro atoms. The monoisotopic (exact) mass is 487 g/mol. The first-order chi connectivity index (χ1) is 16.2. The number of carboxylic acid groups (broad SMARTS) is 1. The van der Waals surface area contributed by atoms with E-state index in [1.807, 2.05) is 0 Å². The van der Waals surface area contributed by atoms with Gasteiger partial charge in [0.1, 0.15) is 11.6 Å². The van der Waals surface area contributed by atoms with Crippen molar-refractivity contribution in [2.75, 3.05) is 0 Å². The molecule has 11 heteroatoms. The average molecular weight is 488 g/mol. The topological polar surface area (TPSA) is 151 Å². The number of nitrogens with zero attached hydrogens (tertiary/aromatic N) is 2. The van der Waals surface area contributed by atoms with Crippen LogP contribution in [0.3, 0.4) is 0 Å². The lowest BCUT2D eigenvalue weighted by molar-refractivity contribution is -0.144. The number of aromatic nitrogens is 3. The van der Waals surface area contributed by atoms with Crippen molar-refractivity contribution in [1.82, 2.24) is 20.7 Å². The molecule has 0 aliphatic rings. The van der Waals surface area contributed by atoms with Crippen LogP contribution < -0.4 is 11.1 Å². The normalized spacial score (nSPS) is 13.6. The van der Waals surface area contributed by atoms with Gasteiger partial charge in [-0.2, -0.15) is 15.4 Å². The minimum atomic E-state index is -1.24. The Hall–Kier alpha value is -3.63. The molecule has 0 radical (unpaired) electrons. The van der Waals surface area contributed by atoms with Gasteiger partial charge >= 0.3 is 5.97 Å². The second-order valence-corrected chi connectivity index (χ2v) is 8.30. The molecule has 0 saturated carbocycles. The van der Waals surface area contributed by atoms with Gasteiger partial charge < -0.3 is 16.2 Å². The molecular formula is C23H23ClFN5O4. The van der Waals surface area contributed by atoms with Crippen molar-refractivity contribution in [1.29, 1.82) is 0 Å². The number of halogens is 2. The number of H-pyrrole nitrogens is 1. The summed E-state index contributed by atoms with van der Waals surface area (Å²) < 4.78 is 14.2. The number of carbonyl (C=O) groups is 3. The highest BCUT2D eigenvalue weighted by Crippen LogP contribution is 2.27. The molecule has 3 atom stereocenters. The molecule has 1 amide bonds. The fraction of sp³-hybridized carbons (Fsp3) is 0.261. The van der Waals surface area contributed by atoms with E-state index in [1.165, 1.54) is 31.3 Å². The van der Waals surface area contributed by atoms with Crippen molar-refractivity contribution in [2.24, 2.45) is 11.7 Å². The summed E-state index contributed by atoms with van der Waals surface area (Å²) in [6, 6.07) is 9.24. The minimum Gasteiger partial charge on any atom is -0.481 e. The Morgan fingerprint density at radius 2 is 1.91 bits per heavy atom. The number of aromatic amines is 1. The van der Waals surface area contributed by atoms with Crippen LogP contribution in [0.25, 0.3) is 11.1 Å². The fourth-order valence-corrected chi connectivity index (χ4v) is 3.75. The minimum absolute atomic E-state index is 0.0273. The zero-order valence-electron chi connectivity index (χ0n) is 18.2. The Balaban J connectivity index is 1.83. The molecule has 0 fully saturated rings. The largest absolute Gasteiger partial charge is 0.481 e. The lowest BCUT2D eigenvalue weighted by atomic mass is 9.88.